The van der Waals surface area contributed by atoms with Crippen LogP contribution in [-0.2, 0) is 9.53 Å². The Bertz CT molecular complexity index is 240. The quantitative estimate of drug-likeness (QED) is 0.571. The Balaban J connectivity index is 2.10. The number of aliphatic hydroxyl groups is 1. The summed E-state index contributed by atoms with van der Waals surface area (Å²) in [6.07, 6.45) is 1.78. The summed E-state index contributed by atoms with van der Waals surface area (Å²) in [5.41, 5.74) is 0. The highest BCUT2D eigenvalue weighted by Gasteiger charge is 2.23. The van der Waals surface area contributed by atoms with E-state index in [1.54, 1.807) is 6.92 Å². The molecule has 0 aromatic heterocycles. The van der Waals surface area contributed by atoms with Crippen LogP contribution in [0.4, 0.5) is 0 Å². The maximum Gasteiger partial charge on any atom is 0.219 e. The van der Waals surface area contributed by atoms with Crippen LogP contribution in [0.25, 0.3) is 0 Å². The molecular formula is C13H27N2O3+. The number of quaternary nitrogens is 1. The van der Waals surface area contributed by atoms with Gasteiger partial charge < -0.3 is 19.6 Å². The fourth-order valence-corrected chi connectivity index (χ4v) is 2.20. The van der Waals surface area contributed by atoms with Gasteiger partial charge in [0, 0.05) is 13.5 Å². The first-order chi connectivity index (χ1) is 8.63. The van der Waals surface area contributed by atoms with Gasteiger partial charge in [0.2, 0.25) is 5.91 Å². The number of aliphatic hydroxyl groups excluding tert-OH is 1. The lowest BCUT2D eigenvalue weighted by molar-refractivity contribution is -0.907. The largest absolute Gasteiger partial charge is 0.385 e. The third kappa shape index (κ3) is 5.80. The Morgan fingerprint density at radius 1 is 1.44 bits per heavy atom. The summed E-state index contributed by atoms with van der Waals surface area (Å²) in [7, 11) is 0. The Labute approximate surface area is 110 Å². The second-order valence-corrected chi connectivity index (χ2v) is 5.04. The third-order valence-electron chi connectivity index (χ3n) is 3.39. The fraction of sp³-hybridized carbons (Fsp3) is 0.923. The topological polar surface area (TPSA) is 54.2 Å². The van der Waals surface area contributed by atoms with Crippen LogP contribution in [0.2, 0.25) is 0 Å². The number of nitrogens with zero attached hydrogens (tertiary/aromatic N) is 1. The summed E-state index contributed by atoms with van der Waals surface area (Å²) in [4.78, 5) is 14.4. The van der Waals surface area contributed by atoms with E-state index in [1.165, 1.54) is 4.90 Å². The Kier molecular flexibility index (Phi) is 7.23. The first kappa shape index (κ1) is 15.4. The molecule has 0 saturated carbocycles. The molecular weight excluding hydrogens is 232 g/mol. The van der Waals surface area contributed by atoms with Crippen LogP contribution in [0.3, 0.4) is 0 Å². The van der Waals surface area contributed by atoms with Gasteiger partial charge >= 0.3 is 0 Å². The van der Waals surface area contributed by atoms with Crippen LogP contribution in [0.1, 0.15) is 26.7 Å². The van der Waals surface area contributed by atoms with E-state index in [1.807, 2.05) is 4.90 Å². The van der Waals surface area contributed by atoms with E-state index in [9.17, 15) is 9.90 Å². The second-order valence-electron chi connectivity index (χ2n) is 5.04. The molecule has 106 valence electrons. The molecule has 1 unspecified atom stereocenters. The molecule has 18 heavy (non-hydrogen) atoms. The normalized spacial score (nSPS) is 18.9. The third-order valence-corrected chi connectivity index (χ3v) is 3.39. The monoisotopic (exact) mass is 259 g/mol. The summed E-state index contributed by atoms with van der Waals surface area (Å²) in [5, 5.41) is 9.85. The highest BCUT2D eigenvalue weighted by atomic mass is 16.5. The van der Waals surface area contributed by atoms with Crippen LogP contribution in [-0.4, -0.2) is 68.0 Å². The Morgan fingerprint density at radius 3 is 2.67 bits per heavy atom. The van der Waals surface area contributed by atoms with Crippen molar-refractivity contribution in [2.24, 2.45) is 0 Å². The van der Waals surface area contributed by atoms with Gasteiger partial charge in [-0.2, -0.15) is 0 Å². The number of amides is 1. The van der Waals surface area contributed by atoms with E-state index < -0.39 is 0 Å². The van der Waals surface area contributed by atoms with Crippen molar-refractivity contribution in [3.8, 4) is 0 Å². The predicted octanol–water partition coefficient (Wildman–Crippen LogP) is -1.09. The average Bonchev–Trinajstić information content (AvgIpc) is 2.35. The summed E-state index contributed by atoms with van der Waals surface area (Å²) < 4.78 is 5.41. The van der Waals surface area contributed by atoms with Crippen molar-refractivity contribution in [1.29, 1.82) is 0 Å². The SMILES string of the molecule is CCCCOCC(O)C[NH+]1CCN(C(C)=O)CC1. The maximum atomic E-state index is 11.2. The zero-order chi connectivity index (χ0) is 13.4. The van der Waals surface area contributed by atoms with E-state index in [-0.39, 0.29) is 12.0 Å². The highest BCUT2D eigenvalue weighted by Crippen LogP contribution is 1.92. The van der Waals surface area contributed by atoms with Crippen LogP contribution < -0.4 is 4.90 Å². The molecule has 0 aromatic carbocycles. The van der Waals surface area contributed by atoms with Gasteiger partial charge in [-0.15, -0.1) is 0 Å². The number of carbonyl (C=O) groups is 1. The molecule has 1 rings (SSSR count). The number of hydrogen-bond donors (Lipinski definition) is 2. The van der Waals surface area contributed by atoms with Crippen molar-refractivity contribution in [2.75, 3.05) is 45.9 Å². The zero-order valence-corrected chi connectivity index (χ0v) is 11.7. The number of rotatable bonds is 7. The fourth-order valence-electron chi connectivity index (χ4n) is 2.20. The molecule has 1 fully saturated rings. The number of carbonyl (C=O) groups excluding carboxylic acids is 1. The van der Waals surface area contributed by atoms with Gasteiger partial charge in [0.1, 0.15) is 12.6 Å². The van der Waals surface area contributed by atoms with Crippen LogP contribution >= 0.6 is 0 Å². The van der Waals surface area contributed by atoms with Crippen molar-refractivity contribution in [2.45, 2.75) is 32.8 Å². The van der Waals surface area contributed by atoms with E-state index in [4.69, 9.17) is 4.74 Å². The summed E-state index contributed by atoms with van der Waals surface area (Å²) in [5.74, 6) is 0.150. The van der Waals surface area contributed by atoms with E-state index in [2.05, 4.69) is 6.92 Å². The number of piperazine rings is 1. The lowest BCUT2D eigenvalue weighted by Gasteiger charge is -2.32. The lowest BCUT2D eigenvalue weighted by atomic mass is 10.2. The molecule has 0 aliphatic carbocycles. The maximum absolute atomic E-state index is 11.2. The molecule has 0 radical (unpaired) electrons. The van der Waals surface area contributed by atoms with Crippen molar-refractivity contribution >= 4 is 5.91 Å². The molecule has 1 aliphatic heterocycles. The minimum atomic E-state index is -0.388. The lowest BCUT2D eigenvalue weighted by Crippen LogP contribution is -3.15. The highest BCUT2D eigenvalue weighted by molar-refractivity contribution is 5.73. The Morgan fingerprint density at radius 2 is 2.11 bits per heavy atom. The molecule has 1 amide bonds. The Hall–Kier alpha value is -0.650. The van der Waals surface area contributed by atoms with Crippen molar-refractivity contribution < 1.29 is 19.5 Å². The minimum absolute atomic E-state index is 0.150. The van der Waals surface area contributed by atoms with Gasteiger partial charge in [0.25, 0.3) is 0 Å². The molecule has 0 spiro atoms. The average molecular weight is 259 g/mol. The van der Waals surface area contributed by atoms with Gasteiger partial charge in [-0.1, -0.05) is 13.3 Å². The van der Waals surface area contributed by atoms with Gasteiger partial charge in [-0.25, -0.2) is 0 Å². The van der Waals surface area contributed by atoms with Crippen molar-refractivity contribution in [3.63, 3.8) is 0 Å². The van der Waals surface area contributed by atoms with Gasteiger partial charge in [0.05, 0.1) is 32.8 Å². The van der Waals surface area contributed by atoms with Gasteiger partial charge in [0.15, 0.2) is 0 Å². The van der Waals surface area contributed by atoms with Crippen molar-refractivity contribution in [1.82, 2.24) is 4.90 Å². The first-order valence-corrected chi connectivity index (χ1v) is 6.98. The number of unbranched alkanes of at least 4 members (excludes halogenated alkanes) is 1. The van der Waals surface area contributed by atoms with Crippen LogP contribution in [0.5, 0.6) is 0 Å². The standard InChI is InChI=1S/C13H26N2O3/c1-3-4-9-18-11-13(17)10-14-5-7-15(8-6-14)12(2)16/h13,17H,3-11H2,1-2H3/p+1. The van der Waals surface area contributed by atoms with Crippen molar-refractivity contribution in [3.05, 3.63) is 0 Å². The summed E-state index contributed by atoms with van der Waals surface area (Å²) in [6, 6.07) is 0. The van der Waals surface area contributed by atoms with Crippen LogP contribution in [0.15, 0.2) is 0 Å². The zero-order valence-electron chi connectivity index (χ0n) is 11.7. The number of ether oxygens (including phenoxy) is 1. The molecule has 1 heterocycles. The molecule has 1 atom stereocenters. The van der Waals surface area contributed by atoms with Crippen LogP contribution in [0, 0.1) is 0 Å². The van der Waals surface area contributed by atoms with E-state index >= 15 is 0 Å². The summed E-state index contributed by atoms with van der Waals surface area (Å²) in [6.45, 7) is 9.07. The molecule has 1 saturated heterocycles. The van der Waals surface area contributed by atoms with Gasteiger partial charge in [-0.3, -0.25) is 4.79 Å². The molecule has 0 bridgehead atoms. The summed E-state index contributed by atoms with van der Waals surface area (Å²) >= 11 is 0. The predicted molar refractivity (Wildman–Crippen MR) is 69.6 cm³/mol. The smallest absolute Gasteiger partial charge is 0.219 e. The molecule has 5 nitrogen and oxygen atoms in total. The van der Waals surface area contributed by atoms with E-state index in [0.29, 0.717) is 6.61 Å². The molecule has 1 aliphatic rings. The molecule has 2 N–H and O–H groups in total. The molecule has 0 aromatic rings. The first-order valence-electron chi connectivity index (χ1n) is 6.98. The second kappa shape index (κ2) is 8.45. The van der Waals surface area contributed by atoms with Gasteiger partial charge in [-0.05, 0) is 6.42 Å². The number of hydrogen-bond acceptors (Lipinski definition) is 3. The minimum Gasteiger partial charge on any atom is -0.385 e. The van der Waals surface area contributed by atoms with E-state index in [0.717, 1.165) is 52.2 Å². The molecule has 5 heteroatoms. The number of nitrogens with one attached hydrogen (secondary N) is 1.